The average Bonchev–Trinajstić information content (AvgIpc) is 3.19. The number of rotatable bonds is 4. The number of hydrogen-bond acceptors (Lipinski definition) is 2. The van der Waals surface area contributed by atoms with Crippen LogP contribution < -0.4 is 0 Å². The Hall–Kier alpha value is -1.72. The Kier molecular flexibility index (Phi) is 6.63. The Morgan fingerprint density at radius 1 is 0.879 bits per heavy atom. The number of halogens is 5. The van der Waals surface area contributed by atoms with Crippen LogP contribution in [0.5, 0.6) is 0 Å². The third-order valence-corrected chi connectivity index (χ3v) is 7.94. The molecule has 1 saturated heterocycles. The summed E-state index contributed by atoms with van der Waals surface area (Å²) in [5.74, 6) is -0.354. The molecule has 1 aliphatic carbocycles. The Labute approximate surface area is 207 Å². The number of hydrogen-bond donors (Lipinski definition) is 0. The van der Waals surface area contributed by atoms with Crippen LogP contribution in [0, 0.1) is 23.5 Å². The van der Waals surface area contributed by atoms with E-state index in [1.54, 1.807) is 18.3 Å². The van der Waals surface area contributed by atoms with Crippen molar-refractivity contribution in [3.05, 3.63) is 98.3 Å². The summed E-state index contributed by atoms with van der Waals surface area (Å²) >= 11 is 18.9. The lowest BCUT2D eigenvalue weighted by molar-refractivity contribution is 0.224. The van der Waals surface area contributed by atoms with Crippen molar-refractivity contribution >= 4 is 34.8 Å². The summed E-state index contributed by atoms with van der Waals surface area (Å²) in [6.45, 7) is 2.38. The lowest BCUT2D eigenvalue weighted by Gasteiger charge is -2.40. The average molecular weight is 508 g/mol. The van der Waals surface area contributed by atoms with Crippen LogP contribution in [-0.4, -0.2) is 23.0 Å². The molecule has 0 amide bonds. The van der Waals surface area contributed by atoms with E-state index >= 15 is 0 Å². The lowest BCUT2D eigenvalue weighted by atomic mass is 9.64. The Morgan fingerprint density at radius 2 is 1.70 bits per heavy atom. The minimum absolute atomic E-state index is 0.176. The molecule has 2 fully saturated rings. The molecule has 0 radical (unpaired) electrons. The largest absolute Gasteiger partial charge is 0.298 e. The van der Waals surface area contributed by atoms with Gasteiger partial charge >= 0.3 is 0 Å². The number of benzene rings is 2. The zero-order chi connectivity index (χ0) is 23.1. The van der Waals surface area contributed by atoms with Crippen LogP contribution in [0.25, 0.3) is 0 Å². The lowest BCUT2D eigenvalue weighted by Crippen LogP contribution is -2.32. The second-order valence-corrected chi connectivity index (χ2v) is 10.4. The monoisotopic (exact) mass is 506 g/mol. The molecule has 2 nitrogen and oxygen atoms in total. The van der Waals surface area contributed by atoms with Crippen LogP contribution in [0.2, 0.25) is 15.1 Å². The molecule has 4 atom stereocenters. The third-order valence-electron chi connectivity index (χ3n) is 7.15. The van der Waals surface area contributed by atoms with Crippen LogP contribution >= 0.6 is 34.8 Å². The maximum atomic E-state index is 13.7. The molecule has 2 aliphatic rings. The first-order valence-electron chi connectivity index (χ1n) is 11.1. The summed E-state index contributed by atoms with van der Waals surface area (Å²) in [6, 6.07) is 13.8. The van der Waals surface area contributed by atoms with Crippen molar-refractivity contribution in [3.8, 4) is 0 Å². The maximum Gasteiger partial charge on any atom is 0.159 e. The smallest absolute Gasteiger partial charge is 0.159 e. The molecular formula is C26H23Cl3F2N2. The second-order valence-electron chi connectivity index (χ2n) is 9.14. The van der Waals surface area contributed by atoms with Crippen molar-refractivity contribution in [1.82, 2.24) is 9.88 Å². The van der Waals surface area contributed by atoms with Crippen molar-refractivity contribution in [2.24, 2.45) is 11.8 Å². The molecule has 7 heteroatoms. The summed E-state index contributed by atoms with van der Waals surface area (Å²) in [6.07, 6.45) is 3.78. The molecule has 0 N–H and O–H groups in total. The Balaban J connectivity index is 1.45. The molecule has 3 aromatic rings. The number of nitrogens with zero attached hydrogens (tertiary/aromatic N) is 2. The minimum atomic E-state index is -0.814. The normalized spacial score (nSPS) is 25.2. The highest BCUT2D eigenvalue weighted by molar-refractivity contribution is 6.35. The number of aromatic nitrogens is 1. The second kappa shape index (κ2) is 9.50. The maximum absolute atomic E-state index is 13.7. The highest BCUT2D eigenvalue weighted by Gasteiger charge is 2.46. The molecule has 2 heterocycles. The predicted molar refractivity (Wildman–Crippen MR) is 129 cm³/mol. The minimum Gasteiger partial charge on any atom is -0.298 e. The van der Waals surface area contributed by atoms with E-state index in [0.717, 1.165) is 42.8 Å². The van der Waals surface area contributed by atoms with Gasteiger partial charge in [-0.25, -0.2) is 8.78 Å². The fraction of sp³-hybridized carbons (Fsp3) is 0.346. The van der Waals surface area contributed by atoms with E-state index in [1.807, 2.05) is 24.3 Å². The highest BCUT2D eigenvalue weighted by Crippen LogP contribution is 2.53. The molecular weight excluding hydrogens is 485 g/mol. The van der Waals surface area contributed by atoms with Gasteiger partial charge in [0.25, 0.3) is 0 Å². The summed E-state index contributed by atoms with van der Waals surface area (Å²) in [7, 11) is 0. The van der Waals surface area contributed by atoms with Gasteiger partial charge in [0.05, 0.1) is 5.02 Å². The van der Waals surface area contributed by atoms with Crippen molar-refractivity contribution in [1.29, 1.82) is 0 Å². The zero-order valence-electron chi connectivity index (χ0n) is 17.8. The summed E-state index contributed by atoms with van der Waals surface area (Å²) in [5, 5.41) is 1.91. The number of pyridine rings is 1. The number of fused-ring (bicyclic) bond motifs is 1. The summed E-state index contributed by atoms with van der Waals surface area (Å²) in [4.78, 5) is 7.05. The zero-order valence-corrected chi connectivity index (χ0v) is 20.1. The van der Waals surface area contributed by atoms with Crippen LogP contribution in [0.1, 0.15) is 41.5 Å². The van der Waals surface area contributed by atoms with Gasteiger partial charge in [0.2, 0.25) is 0 Å². The summed E-state index contributed by atoms with van der Waals surface area (Å²) in [5.41, 5.74) is 2.89. The van der Waals surface area contributed by atoms with Gasteiger partial charge in [0.15, 0.2) is 11.6 Å². The van der Waals surface area contributed by atoms with Gasteiger partial charge in [-0.1, -0.05) is 46.9 Å². The standard InChI is InChI=1S/C26H23Cl3F2N2/c27-17-3-6-19(22(29)10-17)20-5-2-16-13-33(12-15-1-7-23(30)24(31)9-15)14-21(16)26(20)25-8-4-18(28)11-32-25/h1,3-4,6-11,16,20-21,26H,2,5,12-14H2/t16?,20?,21-,26+/m1/s1. The first-order chi connectivity index (χ1) is 15.9. The Morgan fingerprint density at radius 3 is 2.42 bits per heavy atom. The molecule has 2 aromatic carbocycles. The van der Waals surface area contributed by atoms with Crippen molar-refractivity contribution in [3.63, 3.8) is 0 Å². The van der Waals surface area contributed by atoms with E-state index in [-0.39, 0.29) is 11.8 Å². The van der Waals surface area contributed by atoms with Crippen LogP contribution in [-0.2, 0) is 6.54 Å². The Bertz CT molecular complexity index is 1150. The van der Waals surface area contributed by atoms with E-state index in [1.165, 1.54) is 12.1 Å². The van der Waals surface area contributed by atoms with Gasteiger partial charge < -0.3 is 0 Å². The fourth-order valence-electron chi connectivity index (χ4n) is 5.76. The van der Waals surface area contributed by atoms with Gasteiger partial charge in [-0.15, -0.1) is 0 Å². The molecule has 172 valence electrons. The van der Waals surface area contributed by atoms with Crippen molar-refractivity contribution in [2.45, 2.75) is 31.2 Å². The van der Waals surface area contributed by atoms with Gasteiger partial charge in [-0.2, -0.15) is 0 Å². The first-order valence-corrected chi connectivity index (χ1v) is 12.2. The molecule has 0 spiro atoms. The first kappa shape index (κ1) is 23.0. The van der Waals surface area contributed by atoms with E-state index in [2.05, 4.69) is 4.90 Å². The predicted octanol–water partition coefficient (Wildman–Crippen LogP) is 7.73. The van der Waals surface area contributed by atoms with Gasteiger partial charge in [-0.05, 0) is 78.1 Å². The summed E-state index contributed by atoms with van der Waals surface area (Å²) < 4.78 is 27.1. The third kappa shape index (κ3) is 4.77. The molecule has 1 aliphatic heterocycles. The van der Waals surface area contributed by atoms with Crippen molar-refractivity contribution in [2.75, 3.05) is 13.1 Å². The van der Waals surface area contributed by atoms with E-state index in [4.69, 9.17) is 39.8 Å². The van der Waals surface area contributed by atoms with Crippen LogP contribution in [0.4, 0.5) is 8.78 Å². The quantitative estimate of drug-likeness (QED) is 0.359. The number of likely N-dealkylation sites (tertiary alicyclic amines) is 1. The molecule has 5 rings (SSSR count). The molecule has 0 bridgehead atoms. The molecule has 33 heavy (non-hydrogen) atoms. The topological polar surface area (TPSA) is 16.1 Å². The van der Waals surface area contributed by atoms with Crippen LogP contribution in [0.15, 0.2) is 54.7 Å². The van der Waals surface area contributed by atoms with Crippen LogP contribution in [0.3, 0.4) is 0 Å². The van der Waals surface area contributed by atoms with E-state index in [9.17, 15) is 8.78 Å². The van der Waals surface area contributed by atoms with Gasteiger partial charge in [0, 0.05) is 47.5 Å². The van der Waals surface area contributed by atoms with Gasteiger partial charge in [-0.3, -0.25) is 9.88 Å². The van der Waals surface area contributed by atoms with E-state index < -0.39 is 11.6 Å². The SMILES string of the molecule is Fc1ccc(CN2CC3CCC(c4ccc(Cl)cc4Cl)[C@H](c4ccc(Cl)cn4)[C@@H]3C2)cc1F. The van der Waals surface area contributed by atoms with Gasteiger partial charge in [0.1, 0.15) is 0 Å². The molecule has 1 saturated carbocycles. The van der Waals surface area contributed by atoms with E-state index in [0.29, 0.717) is 33.4 Å². The fourth-order valence-corrected chi connectivity index (χ4v) is 6.42. The molecule has 2 unspecified atom stereocenters. The molecule has 1 aromatic heterocycles. The van der Waals surface area contributed by atoms with Crippen molar-refractivity contribution < 1.29 is 8.78 Å². The highest BCUT2D eigenvalue weighted by atomic mass is 35.5.